The summed E-state index contributed by atoms with van der Waals surface area (Å²) in [4.78, 5) is 4.27. The van der Waals surface area contributed by atoms with Crippen molar-refractivity contribution in [2.24, 2.45) is 0 Å². The van der Waals surface area contributed by atoms with Crippen LogP contribution in [0, 0.1) is 26.6 Å². The van der Waals surface area contributed by atoms with Gasteiger partial charge in [-0.15, -0.1) is 0 Å². The SMILES string of the molecule is Cc1nc2ccc(F)c(C)c2c([O])c1C. The van der Waals surface area contributed by atoms with E-state index >= 15 is 0 Å². The van der Waals surface area contributed by atoms with Crippen molar-refractivity contribution in [1.29, 1.82) is 0 Å². The highest BCUT2D eigenvalue weighted by Gasteiger charge is 2.14. The van der Waals surface area contributed by atoms with Crippen LogP contribution in [0.15, 0.2) is 12.1 Å². The maximum absolute atomic E-state index is 13.3. The second-order valence-corrected chi connectivity index (χ2v) is 3.72. The first-order valence-electron chi connectivity index (χ1n) is 4.75. The maximum Gasteiger partial charge on any atom is 0.193 e. The van der Waals surface area contributed by atoms with Crippen LogP contribution in [-0.4, -0.2) is 4.98 Å². The number of rotatable bonds is 0. The van der Waals surface area contributed by atoms with E-state index in [0.717, 1.165) is 0 Å². The number of aryl methyl sites for hydroxylation is 2. The summed E-state index contributed by atoms with van der Waals surface area (Å²) < 4.78 is 13.3. The Morgan fingerprint density at radius 1 is 1.13 bits per heavy atom. The average Bonchev–Trinajstić information content (AvgIpc) is 2.20. The van der Waals surface area contributed by atoms with Gasteiger partial charge >= 0.3 is 0 Å². The minimum atomic E-state index is -0.357. The van der Waals surface area contributed by atoms with E-state index in [4.69, 9.17) is 0 Å². The van der Waals surface area contributed by atoms with Gasteiger partial charge in [0, 0.05) is 11.3 Å². The number of hydrogen-bond donors (Lipinski definition) is 0. The van der Waals surface area contributed by atoms with Gasteiger partial charge in [-0.3, -0.25) is 10.1 Å². The molecule has 0 aliphatic heterocycles. The molecule has 77 valence electrons. The number of benzene rings is 1. The minimum absolute atomic E-state index is 0.116. The molecule has 2 aromatic rings. The summed E-state index contributed by atoms with van der Waals surface area (Å²) in [5.41, 5.74) is 2.25. The molecule has 0 unspecified atom stereocenters. The first kappa shape index (κ1) is 9.90. The van der Waals surface area contributed by atoms with Crippen LogP contribution in [0.4, 0.5) is 4.39 Å². The lowest BCUT2D eigenvalue weighted by Crippen LogP contribution is -1.93. The van der Waals surface area contributed by atoms with Gasteiger partial charge in [0.2, 0.25) is 0 Å². The Bertz CT molecular complexity index is 549. The van der Waals surface area contributed by atoms with Crippen LogP contribution in [0.25, 0.3) is 10.9 Å². The molecule has 3 heteroatoms. The van der Waals surface area contributed by atoms with Gasteiger partial charge in [-0.1, -0.05) is 0 Å². The molecule has 0 spiro atoms. The number of fused-ring (bicyclic) bond motifs is 1. The second-order valence-electron chi connectivity index (χ2n) is 3.72. The van der Waals surface area contributed by atoms with E-state index in [1.807, 2.05) is 0 Å². The Balaban J connectivity index is 3.00. The lowest BCUT2D eigenvalue weighted by molar-refractivity contribution is 0.356. The molecule has 0 amide bonds. The minimum Gasteiger partial charge on any atom is -0.289 e. The maximum atomic E-state index is 13.3. The number of nitrogens with zero attached hydrogens (tertiary/aromatic N) is 1. The van der Waals surface area contributed by atoms with Crippen molar-refractivity contribution in [3.8, 4) is 5.75 Å². The van der Waals surface area contributed by atoms with Gasteiger partial charge in [-0.05, 0) is 38.5 Å². The van der Waals surface area contributed by atoms with E-state index in [1.165, 1.54) is 6.07 Å². The van der Waals surface area contributed by atoms with Crippen LogP contribution in [0.5, 0.6) is 5.75 Å². The van der Waals surface area contributed by atoms with Crippen molar-refractivity contribution in [1.82, 2.24) is 4.98 Å². The molecule has 0 saturated carbocycles. The third-order valence-electron chi connectivity index (χ3n) is 2.78. The van der Waals surface area contributed by atoms with Crippen LogP contribution >= 0.6 is 0 Å². The van der Waals surface area contributed by atoms with Gasteiger partial charge in [0.1, 0.15) is 5.82 Å². The lowest BCUT2D eigenvalue weighted by Gasteiger charge is -2.07. The topological polar surface area (TPSA) is 32.8 Å². The molecule has 1 aromatic carbocycles. The first-order valence-corrected chi connectivity index (χ1v) is 4.75. The molecule has 0 atom stereocenters. The lowest BCUT2D eigenvalue weighted by atomic mass is 10.0. The van der Waals surface area contributed by atoms with E-state index in [2.05, 4.69) is 4.98 Å². The number of aromatic nitrogens is 1. The molecule has 0 N–H and O–H groups in total. The van der Waals surface area contributed by atoms with E-state index in [-0.39, 0.29) is 11.6 Å². The average molecular weight is 204 g/mol. The number of halogens is 1. The Hall–Kier alpha value is -1.64. The Morgan fingerprint density at radius 2 is 1.80 bits per heavy atom. The zero-order valence-corrected chi connectivity index (χ0v) is 8.89. The molecule has 0 aliphatic carbocycles. The normalized spacial score (nSPS) is 10.9. The van der Waals surface area contributed by atoms with Gasteiger partial charge in [0.05, 0.1) is 10.9 Å². The van der Waals surface area contributed by atoms with Crippen LogP contribution in [0.3, 0.4) is 0 Å². The standard InChI is InChI=1S/C12H11FNO/c1-6-8(3)14-10-5-4-9(13)7(2)11(10)12(6)15/h4-5H,1-3H3. The molecule has 0 bridgehead atoms. The van der Waals surface area contributed by atoms with Crippen molar-refractivity contribution in [2.45, 2.75) is 20.8 Å². The van der Waals surface area contributed by atoms with Crippen LogP contribution in [-0.2, 0) is 5.11 Å². The predicted molar refractivity (Wildman–Crippen MR) is 56.0 cm³/mol. The van der Waals surface area contributed by atoms with E-state index in [9.17, 15) is 9.50 Å². The van der Waals surface area contributed by atoms with Crippen molar-refractivity contribution in [3.63, 3.8) is 0 Å². The summed E-state index contributed by atoms with van der Waals surface area (Å²) in [6.07, 6.45) is 0. The summed E-state index contributed by atoms with van der Waals surface area (Å²) in [7, 11) is 0. The molecule has 2 rings (SSSR count). The van der Waals surface area contributed by atoms with E-state index < -0.39 is 0 Å². The van der Waals surface area contributed by atoms with Crippen LogP contribution < -0.4 is 0 Å². The number of pyridine rings is 1. The summed E-state index contributed by atoms with van der Waals surface area (Å²) in [5.74, 6) is -0.473. The third kappa shape index (κ3) is 1.35. The van der Waals surface area contributed by atoms with Gasteiger partial charge < -0.3 is 0 Å². The molecule has 1 radical (unpaired) electrons. The first-order chi connectivity index (χ1) is 7.02. The van der Waals surface area contributed by atoms with Gasteiger partial charge in [0.25, 0.3) is 0 Å². The van der Waals surface area contributed by atoms with Crippen LogP contribution in [0.2, 0.25) is 0 Å². The fraction of sp³-hybridized carbons (Fsp3) is 0.250. The highest BCUT2D eigenvalue weighted by molar-refractivity contribution is 5.89. The van der Waals surface area contributed by atoms with Crippen molar-refractivity contribution in [2.75, 3.05) is 0 Å². The Labute approximate surface area is 87.4 Å². The van der Waals surface area contributed by atoms with Crippen molar-refractivity contribution < 1.29 is 9.50 Å². The third-order valence-corrected chi connectivity index (χ3v) is 2.78. The summed E-state index contributed by atoms with van der Waals surface area (Å²) in [6.45, 7) is 5.11. The number of hydrogen-bond acceptors (Lipinski definition) is 1. The molecule has 0 fully saturated rings. The van der Waals surface area contributed by atoms with Gasteiger partial charge in [-0.2, -0.15) is 0 Å². The summed E-state index contributed by atoms with van der Waals surface area (Å²) >= 11 is 0. The molecule has 1 aromatic heterocycles. The smallest absolute Gasteiger partial charge is 0.193 e. The zero-order valence-electron chi connectivity index (χ0n) is 8.89. The molecule has 1 heterocycles. The highest BCUT2D eigenvalue weighted by atomic mass is 19.1. The zero-order chi connectivity index (χ0) is 11.2. The largest absolute Gasteiger partial charge is 0.289 e. The van der Waals surface area contributed by atoms with Gasteiger partial charge in [0.15, 0.2) is 5.75 Å². The summed E-state index contributed by atoms with van der Waals surface area (Å²) in [6, 6.07) is 2.89. The van der Waals surface area contributed by atoms with Gasteiger partial charge in [-0.25, -0.2) is 4.39 Å². The summed E-state index contributed by atoms with van der Waals surface area (Å²) in [5, 5.41) is 12.3. The Kier molecular flexibility index (Phi) is 2.11. The molecule has 15 heavy (non-hydrogen) atoms. The Morgan fingerprint density at radius 3 is 2.47 bits per heavy atom. The molecule has 0 aliphatic rings. The highest BCUT2D eigenvalue weighted by Crippen LogP contribution is 2.32. The van der Waals surface area contributed by atoms with E-state index in [0.29, 0.717) is 27.7 Å². The molecule has 2 nitrogen and oxygen atoms in total. The van der Waals surface area contributed by atoms with Crippen molar-refractivity contribution in [3.05, 3.63) is 34.8 Å². The van der Waals surface area contributed by atoms with Crippen molar-refractivity contribution >= 4 is 10.9 Å². The fourth-order valence-electron chi connectivity index (χ4n) is 1.67. The molecular weight excluding hydrogens is 193 g/mol. The van der Waals surface area contributed by atoms with Crippen LogP contribution in [0.1, 0.15) is 16.8 Å². The van der Waals surface area contributed by atoms with E-state index in [1.54, 1.807) is 26.8 Å². The predicted octanol–water partition coefficient (Wildman–Crippen LogP) is 3.44. The molecule has 0 saturated heterocycles. The molecular formula is C12H11FNO. The monoisotopic (exact) mass is 204 g/mol. The second kappa shape index (κ2) is 3.19. The quantitative estimate of drug-likeness (QED) is 0.647. The fourth-order valence-corrected chi connectivity index (χ4v) is 1.67.